The molecule has 0 aromatic carbocycles. The molecule has 7 heteroatoms. The fraction of sp³-hybridized carbons (Fsp3) is 0.818. The Morgan fingerprint density at radius 2 is 2.00 bits per heavy atom. The first-order chi connectivity index (χ1) is 8.72. The number of amides is 2. The standard InChI is InChI=1S/C11H21N3O4/c1-2-18-11(16)13-9-10(15)12-3-4-14-5-7-17-8-6-14/h2-9H2,1H3,(H,12,15)(H,13,16). The molecule has 0 spiro atoms. The van der Waals surface area contributed by atoms with E-state index in [1.54, 1.807) is 6.92 Å². The van der Waals surface area contributed by atoms with Crippen molar-refractivity contribution >= 4 is 12.0 Å². The third kappa shape index (κ3) is 6.41. The first kappa shape index (κ1) is 14.7. The van der Waals surface area contributed by atoms with E-state index in [0.29, 0.717) is 13.2 Å². The second kappa shape index (κ2) is 8.71. The lowest BCUT2D eigenvalue weighted by molar-refractivity contribution is -0.120. The van der Waals surface area contributed by atoms with Gasteiger partial charge in [-0.25, -0.2) is 4.79 Å². The van der Waals surface area contributed by atoms with Crippen LogP contribution in [0.25, 0.3) is 0 Å². The fourth-order valence-corrected chi connectivity index (χ4v) is 1.58. The van der Waals surface area contributed by atoms with Crippen LogP contribution in [0.3, 0.4) is 0 Å². The molecule has 0 radical (unpaired) electrons. The highest BCUT2D eigenvalue weighted by Gasteiger charge is 2.10. The van der Waals surface area contributed by atoms with Crippen molar-refractivity contribution in [1.82, 2.24) is 15.5 Å². The van der Waals surface area contributed by atoms with E-state index in [9.17, 15) is 9.59 Å². The Labute approximate surface area is 107 Å². The van der Waals surface area contributed by atoms with Gasteiger partial charge in [0.05, 0.1) is 26.4 Å². The lowest BCUT2D eigenvalue weighted by atomic mass is 10.4. The number of ether oxygens (including phenoxy) is 2. The molecule has 7 nitrogen and oxygen atoms in total. The van der Waals surface area contributed by atoms with Gasteiger partial charge in [0.2, 0.25) is 5.91 Å². The van der Waals surface area contributed by atoms with Crippen molar-refractivity contribution in [3.05, 3.63) is 0 Å². The smallest absolute Gasteiger partial charge is 0.407 e. The van der Waals surface area contributed by atoms with Crippen molar-refractivity contribution in [3.63, 3.8) is 0 Å². The quantitative estimate of drug-likeness (QED) is 0.651. The van der Waals surface area contributed by atoms with E-state index in [0.717, 1.165) is 32.8 Å². The third-order valence-electron chi connectivity index (χ3n) is 2.52. The minimum atomic E-state index is -0.569. The van der Waals surface area contributed by atoms with Crippen LogP contribution >= 0.6 is 0 Å². The van der Waals surface area contributed by atoms with Crippen molar-refractivity contribution in [2.45, 2.75) is 6.92 Å². The van der Waals surface area contributed by atoms with Crippen molar-refractivity contribution in [2.75, 3.05) is 52.5 Å². The number of hydrogen-bond donors (Lipinski definition) is 2. The largest absolute Gasteiger partial charge is 0.450 e. The summed E-state index contributed by atoms with van der Waals surface area (Å²) >= 11 is 0. The van der Waals surface area contributed by atoms with Crippen LogP contribution < -0.4 is 10.6 Å². The first-order valence-corrected chi connectivity index (χ1v) is 6.19. The van der Waals surface area contributed by atoms with Crippen LogP contribution in [0.1, 0.15) is 6.92 Å². The van der Waals surface area contributed by atoms with E-state index in [1.807, 2.05) is 0 Å². The van der Waals surface area contributed by atoms with Crippen LogP contribution in [0.2, 0.25) is 0 Å². The zero-order chi connectivity index (χ0) is 13.2. The summed E-state index contributed by atoms with van der Waals surface area (Å²) in [6.45, 7) is 6.62. The van der Waals surface area contributed by atoms with Crippen LogP contribution in [-0.4, -0.2) is 69.4 Å². The van der Waals surface area contributed by atoms with Crippen molar-refractivity contribution < 1.29 is 19.1 Å². The lowest BCUT2D eigenvalue weighted by Gasteiger charge is -2.26. The Balaban J connectivity index is 2.00. The van der Waals surface area contributed by atoms with E-state index >= 15 is 0 Å². The highest BCUT2D eigenvalue weighted by atomic mass is 16.5. The van der Waals surface area contributed by atoms with Gasteiger partial charge in [0.15, 0.2) is 0 Å². The van der Waals surface area contributed by atoms with Crippen LogP contribution in [0.5, 0.6) is 0 Å². The maximum Gasteiger partial charge on any atom is 0.407 e. The number of rotatable bonds is 6. The van der Waals surface area contributed by atoms with Crippen LogP contribution in [0.15, 0.2) is 0 Å². The molecule has 0 unspecified atom stereocenters. The van der Waals surface area contributed by atoms with E-state index in [1.165, 1.54) is 0 Å². The lowest BCUT2D eigenvalue weighted by Crippen LogP contribution is -2.43. The Morgan fingerprint density at radius 3 is 2.67 bits per heavy atom. The summed E-state index contributed by atoms with van der Waals surface area (Å²) < 4.78 is 9.86. The van der Waals surface area contributed by atoms with E-state index < -0.39 is 6.09 Å². The molecular formula is C11H21N3O4. The van der Waals surface area contributed by atoms with Gasteiger partial charge >= 0.3 is 6.09 Å². The second-order valence-corrected chi connectivity index (χ2v) is 3.88. The number of hydrogen-bond acceptors (Lipinski definition) is 5. The molecule has 2 amide bonds. The van der Waals surface area contributed by atoms with Gasteiger partial charge in [0.25, 0.3) is 0 Å². The Hall–Kier alpha value is -1.34. The summed E-state index contributed by atoms with van der Waals surface area (Å²) in [4.78, 5) is 24.5. The van der Waals surface area contributed by atoms with Gasteiger partial charge in [0.1, 0.15) is 0 Å². The summed E-state index contributed by atoms with van der Waals surface area (Å²) in [5.41, 5.74) is 0. The van der Waals surface area contributed by atoms with Gasteiger partial charge in [-0.2, -0.15) is 0 Å². The molecule has 0 atom stereocenters. The maximum atomic E-state index is 11.4. The SMILES string of the molecule is CCOC(=O)NCC(=O)NCCN1CCOCC1. The summed E-state index contributed by atoms with van der Waals surface area (Å²) in [7, 11) is 0. The number of nitrogens with one attached hydrogen (secondary N) is 2. The Kier molecular flexibility index (Phi) is 7.12. The Bertz CT molecular complexity index is 267. The summed E-state index contributed by atoms with van der Waals surface area (Å²) in [5, 5.41) is 5.10. The topological polar surface area (TPSA) is 79.9 Å². The van der Waals surface area contributed by atoms with E-state index in [4.69, 9.17) is 4.74 Å². The number of alkyl carbamates (subject to hydrolysis) is 1. The molecule has 0 saturated carbocycles. The average Bonchev–Trinajstić information content (AvgIpc) is 2.38. The number of morpholine rings is 1. The van der Waals surface area contributed by atoms with Crippen molar-refractivity contribution in [1.29, 1.82) is 0 Å². The van der Waals surface area contributed by atoms with Gasteiger partial charge < -0.3 is 20.1 Å². The van der Waals surface area contributed by atoms with Gasteiger partial charge in [0, 0.05) is 26.2 Å². The summed E-state index contributed by atoms with van der Waals surface area (Å²) in [6, 6.07) is 0. The van der Waals surface area contributed by atoms with Gasteiger partial charge in [-0.15, -0.1) is 0 Å². The molecule has 0 aromatic heterocycles. The molecule has 0 bridgehead atoms. The van der Waals surface area contributed by atoms with Gasteiger partial charge in [-0.1, -0.05) is 0 Å². The number of carbonyl (C=O) groups excluding carboxylic acids is 2. The number of nitrogens with zero attached hydrogens (tertiary/aromatic N) is 1. The predicted octanol–water partition coefficient (Wildman–Crippen LogP) is -0.819. The predicted molar refractivity (Wildman–Crippen MR) is 65.3 cm³/mol. The Morgan fingerprint density at radius 1 is 1.28 bits per heavy atom. The van der Waals surface area contributed by atoms with E-state index in [-0.39, 0.29) is 12.5 Å². The fourth-order valence-electron chi connectivity index (χ4n) is 1.58. The van der Waals surface area contributed by atoms with Gasteiger partial charge in [-0.05, 0) is 6.92 Å². The molecule has 2 N–H and O–H groups in total. The maximum absolute atomic E-state index is 11.4. The first-order valence-electron chi connectivity index (χ1n) is 6.19. The highest BCUT2D eigenvalue weighted by molar-refractivity contribution is 5.82. The zero-order valence-electron chi connectivity index (χ0n) is 10.7. The average molecular weight is 259 g/mol. The molecule has 0 aromatic rings. The van der Waals surface area contributed by atoms with Crippen molar-refractivity contribution in [2.24, 2.45) is 0 Å². The monoisotopic (exact) mass is 259 g/mol. The molecule has 1 aliphatic heterocycles. The minimum absolute atomic E-state index is 0.0536. The molecule has 104 valence electrons. The minimum Gasteiger partial charge on any atom is -0.450 e. The van der Waals surface area contributed by atoms with Crippen molar-refractivity contribution in [3.8, 4) is 0 Å². The molecular weight excluding hydrogens is 238 g/mol. The molecule has 1 aliphatic rings. The normalized spacial score (nSPS) is 16.1. The van der Waals surface area contributed by atoms with Crippen LogP contribution in [0.4, 0.5) is 4.79 Å². The second-order valence-electron chi connectivity index (χ2n) is 3.88. The molecule has 1 rings (SSSR count). The third-order valence-corrected chi connectivity index (χ3v) is 2.52. The summed E-state index contributed by atoms with van der Waals surface area (Å²) in [5.74, 6) is -0.212. The van der Waals surface area contributed by atoms with Crippen LogP contribution in [-0.2, 0) is 14.3 Å². The van der Waals surface area contributed by atoms with Gasteiger partial charge in [-0.3, -0.25) is 9.69 Å². The zero-order valence-corrected chi connectivity index (χ0v) is 10.7. The molecule has 0 aliphatic carbocycles. The van der Waals surface area contributed by atoms with Crippen LogP contribution in [0, 0.1) is 0 Å². The molecule has 18 heavy (non-hydrogen) atoms. The highest BCUT2D eigenvalue weighted by Crippen LogP contribution is 1.94. The summed E-state index contributed by atoms with van der Waals surface area (Å²) in [6.07, 6.45) is -0.569. The van der Waals surface area contributed by atoms with E-state index in [2.05, 4.69) is 20.3 Å². The molecule has 1 fully saturated rings. The number of carbonyl (C=O) groups is 2. The molecule has 1 heterocycles. The molecule has 1 saturated heterocycles.